The molecule has 0 radical (unpaired) electrons. The molecule has 0 unspecified atom stereocenters. The number of amides is 1. The smallest absolute Gasteiger partial charge is 0.227 e. The second-order valence-electron chi connectivity index (χ2n) is 7.41. The molecule has 1 aliphatic carbocycles. The van der Waals surface area contributed by atoms with Crippen LogP contribution in [0.3, 0.4) is 0 Å². The molecule has 0 fully saturated rings. The van der Waals surface area contributed by atoms with E-state index in [9.17, 15) is 19.8 Å². The van der Waals surface area contributed by atoms with Crippen molar-refractivity contribution in [3.8, 4) is 5.75 Å². The third-order valence-corrected chi connectivity index (χ3v) is 5.49. The topological polar surface area (TPSA) is 77.8 Å². The molecule has 152 valence electrons. The fourth-order valence-corrected chi connectivity index (χ4v) is 3.89. The number of benzene rings is 2. The summed E-state index contributed by atoms with van der Waals surface area (Å²) in [5.41, 5.74) is 5.39. The van der Waals surface area contributed by atoms with Crippen LogP contribution in [-0.4, -0.2) is 46.5 Å². The summed E-state index contributed by atoms with van der Waals surface area (Å²) in [5, 5.41) is 19.2. The van der Waals surface area contributed by atoms with Crippen molar-refractivity contribution in [3.05, 3.63) is 68.7 Å². The average Bonchev–Trinajstić information content (AvgIpc) is 2.64. The minimum Gasteiger partial charge on any atom is -0.508 e. The van der Waals surface area contributed by atoms with Crippen LogP contribution in [0.2, 0.25) is 5.02 Å². The van der Waals surface area contributed by atoms with E-state index in [1.165, 1.54) is 17.0 Å². The fraction of sp³-hybridized carbons (Fsp3) is 0.304. The van der Waals surface area contributed by atoms with E-state index in [0.29, 0.717) is 22.6 Å². The molecular formula is C23H24ClNO4. The van der Waals surface area contributed by atoms with Crippen LogP contribution >= 0.6 is 11.6 Å². The van der Waals surface area contributed by atoms with E-state index in [-0.39, 0.29) is 43.6 Å². The Balaban J connectivity index is 1.83. The summed E-state index contributed by atoms with van der Waals surface area (Å²) in [6.07, 6.45) is 2.19. The largest absolute Gasteiger partial charge is 0.508 e. The first-order valence-corrected chi connectivity index (χ1v) is 9.86. The lowest BCUT2D eigenvalue weighted by Crippen LogP contribution is -2.38. The lowest BCUT2D eigenvalue weighted by Gasteiger charge is -2.26. The Labute approximate surface area is 175 Å². The van der Waals surface area contributed by atoms with Crippen LogP contribution in [0.1, 0.15) is 27.8 Å². The van der Waals surface area contributed by atoms with E-state index >= 15 is 0 Å². The molecule has 0 saturated heterocycles. The first-order valence-electron chi connectivity index (χ1n) is 9.48. The number of fused-ring (bicyclic) bond motifs is 1. The maximum atomic E-state index is 12.8. The van der Waals surface area contributed by atoms with E-state index in [2.05, 4.69) is 6.07 Å². The SMILES string of the molecule is Cc1cc(C)c2c(c1)C=C(CN(CCO)C(=O)Cc1ccc(O)cc1Cl)C(=O)C2. The third-order valence-electron chi connectivity index (χ3n) is 5.14. The highest BCUT2D eigenvalue weighted by atomic mass is 35.5. The molecule has 1 amide bonds. The number of carbonyl (C=O) groups excluding carboxylic acids is 2. The molecular weight excluding hydrogens is 390 g/mol. The number of rotatable bonds is 6. The molecule has 1 aliphatic rings. The van der Waals surface area contributed by atoms with Crippen LogP contribution in [0.25, 0.3) is 6.08 Å². The number of aryl methyl sites for hydroxylation is 2. The van der Waals surface area contributed by atoms with Crippen molar-refractivity contribution in [2.24, 2.45) is 0 Å². The van der Waals surface area contributed by atoms with Gasteiger partial charge >= 0.3 is 0 Å². The number of ketones is 1. The van der Waals surface area contributed by atoms with Gasteiger partial charge in [0.1, 0.15) is 5.75 Å². The summed E-state index contributed by atoms with van der Waals surface area (Å²) >= 11 is 6.11. The lowest BCUT2D eigenvalue weighted by atomic mass is 9.87. The van der Waals surface area contributed by atoms with Crippen molar-refractivity contribution < 1.29 is 19.8 Å². The van der Waals surface area contributed by atoms with E-state index in [0.717, 1.165) is 22.3 Å². The van der Waals surface area contributed by atoms with E-state index in [1.54, 1.807) is 6.07 Å². The normalized spacial score (nSPS) is 13.1. The highest BCUT2D eigenvalue weighted by molar-refractivity contribution is 6.31. The Morgan fingerprint density at radius 1 is 1.21 bits per heavy atom. The molecule has 2 N–H and O–H groups in total. The van der Waals surface area contributed by atoms with Gasteiger partial charge in [0.05, 0.1) is 13.0 Å². The molecule has 0 atom stereocenters. The Morgan fingerprint density at radius 3 is 2.66 bits per heavy atom. The van der Waals surface area contributed by atoms with Gasteiger partial charge in [0.25, 0.3) is 0 Å². The van der Waals surface area contributed by atoms with Crippen molar-refractivity contribution >= 4 is 29.4 Å². The van der Waals surface area contributed by atoms with Gasteiger partial charge in [0, 0.05) is 30.1 Å². The molecule has 0 heterocycles. The molecule has 6 heteroatoms. The average molecular weight is 414 g/mol. The monoisotopic (exact) mass is 413 g/mol. The van der Waals surface area contributed by atoms with Gasteiger partial charge in [0.2, 0.25) is 5.91 Å². The minimum absolute atomic E-state index is 0.0112. The molecule has 0 saturated carbocycles. The van der Waals surface area contributed by atoms with Gasteiger partial charge in [-0.25, -0.2) is 0 Å². The number of hydrogen-bond acceptors (Lipinski definition) is 4. The van der Waals surface area contributed by atoms with Gasteiger partial charge < -0.3 is 15.1 Å². The number of Topliss-reactive ketones (excluding diaryl/α,β-unsaturated/α-hetero) is 1. The zero-order chi connectivity index (χ0) is 21.1. The second-order valence-corrected chi connectivity index (χ2v) is 7.82. The number of phenolic OH excluding ortho intramolecular Hbond substituents is 1. The number of aliphatic hydroxyl groups is 1. The van der Waals surface area contributed by atoms with Crippen LogP contribution in [0.4, 0.5) is 0 Å². The van der Waals surface area contributed by atoms with Crippen molar-refractivity contribution in [2.75, 3.05) is 19.7 Å². The molecule has 0 spiro atoms. The van der Waals surface area contributed by atoms with Crippen molar-refractivity contribution in [2.45, 2.75) is 26.7 Å². The summed E-state index contributed by atoms with van der Waals surface area (Å²) in [7, 11) is 0. The Bertz CT molecular complexity index is 997. The molecule has 29 heavy (non-hydrogen) atoms. The maximum absolute atomic E-state index is 12.8. The standard InChI is InChI=1S/C23H24ClNO4/c1-14-7-15(2)20-12-22(28)18(9-17(20)8-14)13-25(5-6-26)23(29)10-16-3-4-19(27)11-21(16)24/h3-4,7-9,11,26-27H,5-6,10,12-13H2,1-2H3. The lowest BCUT2D eigenvalue weighted by molar-refractivity contribution is -0.130. The summed E-state index contributed by atoms with van der Waals surface area (Å²) in [6, 6.07) is 8.56. The molecule has 0 aromatic heterocycles. The van der Waals surface area contributed by atoms with Gasteiger partial charge in [-0.15, -0.1) is 0 Å². The number of aromatic hydroxyl groups is 1. The summed E-state index contributed by atoms with van der Waals surface area (Å²) in [6.45, 7) is 4.08. The van der Waals surface area contributed by atoms with Crippen LogP contribution in [-0.2, 0) is 22.4 Å². The van der Waals surface area contributed by atoms with E-state index in [1.807, 2.05) is 26.0 Å². The quantitative estimate of drug-likeness (QED) is 0.762. The van der Waals surface area contributed by atoms with Crippen LogP contribution in [0.5, 0.6) is 5.75 Å². The maximum Gasteiger partial charge on any atom is 0.227 e. The Morgan fingerprint density at radius 2 is 1.97 bits per heavy atom. The highest BCUT2D eigenvalue weighted by Crippen LogP contribution is 2.27. The summed E-state index contributed by atoms with van der Waals surface area (Å²) in [4.78, 5) is 27.0. The zero-order valence-corrected chi connectivity index (χ0v) is 17.3. The van der Waals surface area contributed by atoms with Gasteiger partial charge in [-0.1, -0.05) is 35.4 Å². The number of nitrogens with zero attached hydrogens (tertiary/aromatic N) is 1. The molecule has 5 nitrogen and oxygen atoms in total. The first kappa shape index (κ1) is 21.1. The minimum atomic E-state index is -0.244. The second kappa shape index (κ2) is 8.80. The van der Waals surface area contributed by atoms with Crippen molar-refractivity contribution in [1.29, 1.82) is 0 Å². The number of hydrogen-bond donors (Lipinski definition) is 2. The number of aliphatic hydroxyl groups excluding tert-OH is 1. The number of halogens is 1. The predicted molar refractivity (Wildman–Crippen MR) is 113 cm³/mol. The molecule has 0 aliphatic heterocycles. The third kappa shape index (κ3) is 4.86. The number of phenols is 1. The van der Waals surface area contributed by atoms with Gasteiger partial charge in [-0.05, 0) is 54.3 Å². The summed E-state index contributed by atoms with van der Waals surface area (Å²) < 4.78 is 0. The first-order chi connectivity index (χ1) is 13.8. The van der Waals surface area contributed by atoms with Gasteiger partial charge in [-0.3, -0.25) is 9.59 Å². The Kier molecular flexibility index (Phi) is 6.40. The van der Waals surface area contributed by atoms with Gasteiger partial charge in [-0.2, -0.15) is 0 Å². The van der Waals surface area contributed by atoms with Gasteiger partial charge in [0.15, 0.2) is 5.78 Å². The molecule has 0 bridgehead atoms. The van der Waals surface area contributed by atoms with E-state index < -0.39 is 0 Å². The van der Waals surface area contributed by atoms with Crippen molar-refractivity contribution in [1.82, 2.24) is 4.90 Å². The zero-order valence-electron chi connectivity index (χ0n) is 16.5. The molecule has 3 rings (SSSR count). The predicted octanol–water partition coefficient (Wildman–Crippen LogP) is 3.23. The molecule has 2 aromatic carbocycles. The van der Waals surface area contributed by atoms with Crippen LogP contribution in [0.15, 0.2) is 35.9 Å². The van der Waals surface area contributed by atoms with Crippen molar-refractivity contribution in [3.63, 3.8) is 0 Å². The molecule has 2 aromatic rings. The highest BCUT2D eigenvalue weighted by Gasteiger charge is 2.24. The van der Waals surface area contributed by atoms with Crippen LogP contribution in [0, 0.1) is 13.8 Å². The summed E-state index contributed by atoms with van der Waals surface area (Å²) in [5.74, 6) is -0.227. The van der Waals surface area contributed by atoms with E-state index in [4.69, 9.17) is 11.6 Å². The fourth-order valence-electron chi connectivity index (χ4n) is 3.65. The van der Waals surface area contributed by atoms with Crippen LogP contribution < -0.4 is 0 Å². The Hall–Kier alpha value is -2.63. The number of carbonyl (C=O) groups is 2.